The summed E-state index contributed by atoms with van der Waals surface area (Å²) in [5.74, 6) is 0.166. The average molecular weight is 568 g/mol. The average Bonchev–Trinajstić information content (AvgIpc) is 3.32. The third kappa shape index (κ3) is 7.41. The van der Waals surface area contributed by atoms with Crippen LogP contribution in [0.3, 0.4) is 0 Å². The van der Waals surface area contributed by atoms with Crippen LogP contribution in [0.4, 0.5) is 17.1 Å². The monoisotopic (exact) mass is 567 g/mol. The second kappa shape index (κ2) is 13.2. The Morgan fingerprint density at radius 3 is 2.34 bits per heavy atom. The van der Waals surface area contributed by atoms with E-state index in [2.05, 4.69) is 31.1 Å². The Hall–Kier alpha value is -3.73. The van der Waals surface area contributed by atoms with Crippen LogP contribution >= 0.6 is 35.0 Å². The smallest absolute Gasteiger partial charge is 0.253 e. The van der Waals surface area contributed by atoms with Gasteiger partial charge in [-0.2, -0.15) is 10.2 Å². The van der Waals surface area contributed by atoms with Crippen molar-refractivity contribution in [3.8, 4) is 0 Å². The van der Waals surface area contributed by atoms with Crippen LogP contribution in [0.15, 0.2) is 88.2 Å². The molecule has 0 fully saturated rings. The fourth-order valence-electron chi connectivity index (χ4n) is 3.35. The summed E-state index contributed by atoms with van der Waals surface area (Å²) in [6.45, 7) is 2.66. The van der Waals surface area contributed by atoms with Crippen LogP contribution in [-0.2, 0) is 17.9 Å². The molecule has 0 saturated carbocycles. The number of nitrogens with one attached hydrogen (secondary N) is 2. The molecule has 4 aromatic rings. The normalized spacial score (nSPS) is 11.0. The number of azo groups is 1. The van der Waals surface area contributed by atoms with Crippen LogP contribution in [0.2, 0.25) is 10.0 Å². The fraction of sp³-hybridized carbons (Fsp3) is 0.154. The van der Waals surface area contributed by atoms with Crippen molar-refractivity contribution in [1.29, 1.82) is 0 Å². The van der Waals surface area contributed by atoms with Crippen LogP contribution in [-0.4, -0.2) is 32.3 Å². The largest absolute Gasteiger partial charge is 0.345 e. The first-order chi connectivity index (χ1) is 18.4. The molecule has 194 valence electrons. The number of anilines is 1. The second-order valence-electron chi connectivity index (χ2n) is 7.87. The summed E-state index contributed by atoms with van der Waals surface area (Å²) in [4.78, 5) is 25.0. The number of hydrogen-bond acceptors (Lipinski definition) is 7. The summed E-state index contributed by atoms with van der Waals surface area (Å²) < 4.78 is 1.84. The van der Waals surface area contributed by atoms with Crippen LogP contribution in [0, 0.1) is 0 Å². The van der Waals surface area contributed by atoms with Crippen LogP contribution in [0.5, 0.6) is 0 Å². The van der Waals surface area contributed by atoms with Crippen molar-refractivity contribution in [2.24, 2.45) is 10.2 Å². The van der Waals surface area contributed by atoms with Crippen molar-refractivity contribution >= 4 is 63.8 Å². The number of amides is 2. The van der Waals surface area contributed by atoms with Gasteiger partial charge in [0.05, 0.1) is 34.3 Å². The van der Waals surface area contributed by atoms with E-state index in [1.165, 1.54) is 17.8 Å². The molecule has 0 aliphatic carbocycles. The SMILES string of the molecule is CCn1c(CNC(=O)c2ccc(Cl)cc2Cl)nnc1SCC(=O)Nc1ccc(N=Nc2ccccc2)cc1. The predicted octanol–water partition coefficient (Wildman–Crippen LogP) is 6.68. The maximum Gasteiger partial charge on any atom is 0.253 e. The molecule has 3 aromatic carbocycles. The Bertz CT molecular complexity index is 1440. The van der Waals surface area contributed by atoms with Gasteiger partial charge in [0, 0.05) is 17.3 Å². The topological polar surface area (TPSA) is 114 Å². The minimum atomic E-state index is -0.349. The molecular formula is C26H23Cl2N7O2S. The molecule has 38 heavy (non-hydrogen) atoms. The molecule has 12 heteroatoms. The van der Waals surface area contributed by atoms with Gasteiger partial charge in [-0.25, -0.2) is 0 Å². The lowest BCUT2D eigenvalue weighted by molar-refractivity contribution is -0.113. The van der Waals surface area contributed by atoms with Crippen LogP contribution in [0.1, 0.15) is 23.1 Å². The van der Waals surface area contributed by atoms with Gasteiger partial charge in [-0.05, 0) is 61.5 Å². The summed E-state index contributed by atoms with van der Waals surface area (Å²) in [6, 6.07) is 21.2. The number of rotatable bonds is 10. The number of nitrogens with zero attached hydrogens (tertiary/aromatic N) is 5. The van der Waals surface area contributed by atoms with E-state index in [0.29, 0.717) is 39.5 Å². The lowest BCUT2D eigenvalue weighted by atomic mass is 10.2. The number of benzene rings is 3. The molecule has 0 saturated heterocycles. The zero-order chi connectivity index (χ0) is 26.9. The maximum atomic E-state index is 12.5. The Kier molecular flexibility index (Phi) is 9.47. The summed E-state index contributed by atoms with van der Waals surface area (Å²) in [6.07, 6.45) is 0. The fourth-order valence-corrected chi connectivity index (χ4v) is 4.67. The number of carbonyl (C=O) groups excluding carboxylic acids is 2. The highest BCUT2D eigenvalue weighted by atomic mass is 35.5. The van der Waals surface area contributed by atoms with E-state index in [9.17, 15) is 9.59 Å². The molecule has 1 aromatic heterocycles. The minimum Gasteiger partial charge on any atom is -0.345 e. The summed E-state index contributed by atoms with van der Waals surface area (Å²) in [5, 5.41) is 23.7. The quantitative estimate of drug-likeness (QED) is 0.164. The molecule has 0 radical (unpaired) electrons. The van der Waals surface area contributed by atoms with Gasteiger partial charge in [-0.3, -0.25) is 9.59 Å². The third-order valence-corrected chi connectivity index (χ3v) is 6.73. The van der Waals surface area contributed by atoms with Gasteiger partial charge in [0.15, 0.2) is 11.0 Å². The molecule has 2 N–H and O–H groups in total. The standard InChI is InChI=1S/C26H23Cl2N7O2S/c1-2-35-23(15-29-25(37)21-13-8-17(27)14-22(21)28)33-34-26(35)38-16-24(36)30-18-9-11-20(12-10-18)32-31-19-6-4-3-5-7-19/h3-14H,2,15-16H2,1H3,(H,29,37)(H,30,36). The zero-order valence-electron chi connectivity index (χ0n) is 20.3. The van der Waals surface area contributed by atoms with Crippen molar-refractivity contribution in [1.82, 2.24) is 20.1 Å². The molecule has 4 rings (SSSR count). The molecule has 0 unspecified atom stereocenters. The van der Waals surface area contributed by atoms with Gasteiger partial charge in [0.1, 0.15) is 0 Å². The van der Waals surface area contributed by atoms with Gasteiger partial charge < -0.3 is 15.2 Å². The number of halogens is 2. The number of carbonyl (C=O) groups is 2. The Morgan fingerprint density at radius 1 is 0.947 bits per heavy atom. The number of thioether (sulfide) groups is 1. The minimum absolute atomic E-state index is 0.139. The van der Waals surface area contributed by atoms with E-state index >= 15 is 0 Å². The van der Waals surface area contributed by atoms with Gasteiger partial charge in [-0.1, -0.05) is 53.2 Å². The van der Waals surface area contributed by atoms with E-state index in [1.54, 1.807) is 36.4 Å². The Balaban J connectivity index is 1.28. The summed E-state index contributed by atoms with van der Waals surface area (Å²) in [5.41, 5.74) is 2.40. The van der Waals surface area contributed by atoms with Gasteiger partial charge in [0.2, 0.25) is 5.91 Å². The molecular weight excluding hydrogens is 545 g/mol. The lowest BCUT2D eigenvalue weighted by Gasteiger charge is -2.09. The molecule has 0 aliphatic heterocycles. The first kappa shape index (κ1) is 27.3. The first-order valence-corrected chi connectivity index (χ1v) is 13.3. The molecule has 0 aliphatic rings. The van der Waals surface area contributed by atoms with Gasteiger partial charge in [-0.15, -0.1) is 10.2 Å². The lowest BCUT2D eigenvalue weighted by Crippen LogP contribution is -2.25. The first-order valence-electron chi connectivity index (χ1n) is 11.6. The summed E-state index contributed by atoms with van der Waals surface area (Å²) in [7, 11) is 0. The van der Waals surface area contributed by atoms with Crippen molar-refractivity contribution in [2.45, 2.75) is 25.2 Å². The van der Waals surface area contributed by atoms with Crippen molar-refractivity contribution in [3.63, 3.8) is 0 Å². The van der Waals surface area contributed by atoms with Crippen molar-refractivity contribution in [3.05, 3.63) is 94.2 Å². The van der Waals surface area contributed by atoms with E-state index in [4.69, 9.17) is 23.2 Å². The van der Waals surface area contributed by atoms with Crippen molar-refractivity contribution < 1.29 is 9.59 Å². The van der Waals surface area contributed by atoms with E-state index in [-0.39, 0.29) is 29.1 Å². The van der Waals surface area contributed by atoms with Crippen LogP contribution in [0.25, 0.3) is 0 Å². The van der Waals surface area contributed by atoms with E-state index in [0.717, 1.165) is 5.69 Å². The highest BCUT2D eigenvalue weighted by molar-refractivity contribution is 7.99. The predicted molar refractivity (Wildman–Crippen MR) is 150 cm³/mol. The van der Waals surface area contributed by atoms with Crippen molar-refractivity contribution in [2.75, 3.05) is 11.1 Å². The maximum absolute atomic E-state index is 12.5. The Morgan fingerprint density at radius 2 is 1.66 bits per heavy atom. The summed E-state index contributed by atoms with van der Waals surface area (Å²) >= 11 is 13.3. The Labute approximate surface area is 233 Å². The molecule has 9 nitrogen and oxygen atoms in total. The van der Waals surface area contributed by atoms with Gasteiger partial charge in [0.25, 0.3) is 5.91 Å². The van der Waals surface area contributed by atoms with Crippen LogP contribution < -0.4 is 10.6 Å². The van der Waals surface area contributed by atoms with E-state index < -0.39 is 0 Å². The molecule has 0 atom stereocenters. The number of hydrogen-bond donors (Lipinski definition) is 2. The van der Waals surface area contributed by atoms with E-state index in [1.807, 2.05) is 41.8 Å². The number of aromatic nitrogens is 3. The molecule has 0 bridgehead atoms. The zero-order valence-corrected chi connectivity index (χ0v) is 22.6. The second-order valence-corrected chi connectivity index (χ2v) is 9.66. The highest BCUT2D eigenvalue weighted by Gasteiger charge is 2.16. The molecule has 0 spiro atoms. The van der Waals surface area contributed by atoms with Gasteiger partial charge >= 0.3 is 0 Å². The molecule has 2 amide bonds. The molecule has 1 heterocycles. The highest BCUT2D eigenvalue weighted by Crippen LogP contribution is 2.23. The third-order valence-electron chi connectivity index (χ3n) is 5.21.